The second kappa shape index (κ2) is 14.5. The minimum atomic E-state index is -0.465. The van der Waals surface area contributed by atoms with E-state index in [1.54, 1.807) is 11.3 Å². The zero-order chi connectivity index (χ0) is 46.4. The van der Waals surface area contributed by atoms with E-state index < -0.39 is 18.3 Å². The molecule has 0 spiro atoms. The fraction of sp³-hybridized carbons (Fsp3) is 0. The molecule has 12 rings (SSSR count). The number of nitrogens with zero attached hydrogens (tertiary/aromatic N) is 2. The van der Waals surface area contributed by atoms with E-state index >= 15 is 0 Å². The van der Waals surface area contributed by atoms with E-state index in [-0.39, 0.29) is 51.7 Å². The van der Waals surface area contributed by atoms with Crippen molar-refractivity contribution in [2.75, 3.05) is 0 Å². The molecular weight excluding hydrogens is 757 g/mol. The van der Waals surface area contributed by atoms with Crippen LogP contribution in [0.25, 0.3) is 120 Å². The van der Waals surface area contributed by atoms with Crippen LogP contribution in [-0.4, -0.2) is 9.97 Å². The van der Waals surface area contributed by atoms with Crippen LogP contribution in [-0.2, 0) is 0 Å². The lowest BCUT2D eigenvalue weighted by Crippen LogP contribution is -1.91. The maximum absolute atomic E-state index is 9.36. The first-order valence-corrected chi connectivity index (χ1v) is 21.0. The number of rotatable bonds is 6. The van der Waals surface area contributed by atoms with E-state index in [1.165, 1.54) is 5.56 Å². The Morgan fingerprint density at radius 2 is 0.803 bits per heavy atom. The molecule has 284 valence electrons. The van der Waals surface area contributed by atoms with Crippen LogP contribution in [0.15, 0.2) is 218 Å². The molecular formula is C58H36N2S. The molecule has 0 aliphatic carbocycles. The Morgan fingerprint density at radius 1 is 0.361 bits per heavy atom. The molecule has 0 aliphatic rings. The van der Waals surface area contributed by atoms with E-state index in [2.05, 4.69) is 145 Å². The summed E-state index contributed by atoms with van der Waals surface area (Å²) in [4.78, 5) is 11.4. The van der Waals surface area contributed by atoms with Gasteiger partial charge in [0.15, 0.2) is 0 Å². The van der Waals surface area contributed by atoms with Gasteiger partial charge in [0, 0.05) is 54.5 Å². The molecule has 0 saturated carbocycles. The second-order valence-electron chi connectivity index (χ2n) is 15.0. The molecule has 0 aliphatic heterocycles. The first kappa shape index (κ1) is 28.7. The van der Waals surface area contributed by atoms with Gasteiger partial charge in [0.1, 0.15) is 0 Å². The number of benzene rings is 9. The van der Waals surface area contributed by atoms with Crippen molar-refractivity contribution in [3.63, 3.8) is 0 Å². The molecule has 61 heavy (non-hydrogen) atoms. The van der Waals surface area contributed by atoms with Crippen LogP contribution in [0.2, 0.25) is 0 Å². The Balaban J connectivity index is 1.18. The van der Waals surface area contributed by atoms with Gasteiger partial charge in [-0.2, -0.15) is 0 Å². The van der Waals surface area contributed by atoms with Crippen LogP contribution in [0.1, 0.15) is 9.60 Å². The van der Waals surface area contributed by atoms with Crippen molar-refractivity contribution in [1.82, 2.24) is 9.97 Å². The van der Waals surface area contributed by atoms with Crippen LogP contribution in [0.3, 0.4) is 0 Å². The van der Waals surface area contributed by atoms with Crippen molar-refractivity contribution in [3.05, 3.63) is 218 Å². The molecule has 0 saturated heterocycles. The SMILES string of the molecule is [2H]c1nc2c(c([2H])c1[2H])c([2H])c([2H])c1c([2H])c([2H])c(-c3ccc(-c4sc(-c5c6ccccc6c(-c6ccccc6)c6ccccc56)c(-c5ccccc5)c4-c4ccccc4)c4ccccc34)nc12. The first-order valence-electron chi connectivity index (χ1n) is 23.7. The van der Waals surface area contributed by atoms with E-state index in [0.717, 1.165) is 81.0 Å². The highest BCUT2D eigenvalue weighted by Gasteiger charge is 2.27. The van der Waals surface area contributed by atoms with E-state index in [9.17, 15) is 2.74 Å². The molecule has 9 aromatic carbocycles. The zero-order valence-electron chi connectivity index (χ0n) is 39.5. The van der Waals surface area contributed by atoms with Gasteiger partial charge in [0.2, 0.25) is 0 Å². The lowest BCUT2D eigenvalue weighted by atomic mass is 9.85. The number of hydrogen-bond acceptors (Lipinski definition) is 3. The summed E-state index contributed by atoms with van der Waals surface area (Å²) in [6.45, 7) is 0. The quantitative estimate of drug-likeness (QED) is 0.124. The van der Waals surface area contributed by atoms with Gasteiger partial charge in [-0.25, -0.2) is 4.98 Å². The average molecular weight is 800 g/mol. The highest BCUT2D eigenvalue weighted by atomic mass is 32.1. The highest BCUT2D eigenvalue weighted by Crippen LogP contribution is 2.56. The fourth-order valence-electron chi connectivity index (χ4n) is 8.99. The lowest BCUT2D eigenvalue weighted by Gasteiger charge is -2.18. The predicted octanol–water partition coefficient (Wildman–Crippen LogP) is 16.3. The van der Waals surface area contributed by atoms with Gasteiger partial charge < -0.3 is 0 Å². The van der Waals surface area contributed by atoms with Gasteiger partial charge in [-0.1, -0.05) is 200 Å². The summed E-state index contributed by atoms with van der Waals surface area (Å²) in [7, 11) is 0. The van der Waals surface area contributed by atoms with Gasteiger partial charge in [0.25, 0.3) is 0 Å². The highest BCUT2D eigenvalue weighted by molar-refractivity contribution is 7.20. The van der Waals surface area contributed by atoms with Crippen LogP contribution in [0, 0.1) is 0 Å². The number of hydrogen-bond donors (Lipinski definition) is 0. The largest absolute Gasteiger partial charge is 0.254 e. The molecule has 0 atom stereocenters. The Morgan fingerprint density at radius 3 is 1.39 bits per heavy atom. The fourth-order valence-corrected chi connectivity index (χ4v) is 10.4. The van der Waals surface area contributed by atoms with Crippen molar-refractivity contribution in [2.45, 2.75) is 0 Å². The first-order chi connectivity index (χ1) is 33.2. The Labute approximate surface area is 367 Å². The molecule has 0 N–H and O–H groups in total. The van der Waals surface area contributed by atoms with E-state index in [1.807, 2.05) is 36.4 Å². The Bertz CT molecular complexity index is 3990. The maximum Gasteiger partial charge on any atom is 0.0972 e. The number of pyridine rings is 2. The minimum absolute atomic E-state index is 0.00779. The van der Waals surface area contributed by atoms with E-state index in [0.29, 0.717) is 5.56 Å². The van der Waals surface area contributed by atoms with Crippen LogP contribution < -0.4 is 0 Å². The van der Waals surface area contributed by atoms with Crippen LogP contribution >= 0.6 is 11.3 Å². The van der Waals surface area contributed by atoms with Crippen molar-refractivity contribution >= 4 is 65.5 Å². The molecule has 12 aromatic rings. The third-order valence-corrected chi connectivity index (χ3v) is 12.9. The molecule has 3 aromatic heterocycles. The monoisotopic (exact) mass is 799 g/mol. The molecule has 3 heteroatoms. The summed E-state index contributed by atoms with van der Waals surface area (Å²) < 4.78 is 61.5. The topological polar surface area (TPSA) is 25.8 Å². The Hall–Kier alpha value is -7.72. The molecule has 2 nitrogen and oxygen atoms in total. The summed E-state index contributed by atoms with van der Waals surface area (Å²) >= 11 is 1.77. The Kier molecular flexibility index (Phi) is 6.83. The molecule has 0 bridgehead atoms. The van der Waals surface area contributed by atoms with Gasteiger partial charge in [-0.05, 0) is 66.7 Å². The molecule has 0 radical (unpaired) electrons. The summed E-state index contributed by atoms with van der Waals surface area (Å²) in [6, 6.07) is 59.1. The second-order valence-corrected chi connectivity index (χ2v) is 16.1. The average Bonchev–Trinajstić information content (AvgIpc) is 3.77. The normalized spacial score (nSPS) is 13.2. The summed E-state index contributed by atoms with van der Waals surface area (Å²) in [5, 5.41) is 6.19. The molecule has 0 fully saturated rings. The predicted molar refractivity (Wildman–Crippen MR) is 260 cm³/mol. The molecule has 0 unspecified atom stereocenters. The van der Waals surface area contributed by atoms with Crippen molar-refractivity contribution in [1.29, 1.82) is 0 Å². The van der Waals surface area contributed by atoms with Crippen molar-refractivity contribution in [2.24, 2.45) is 0 Å². The van der Waals surface area contributed by atoms with Crippen LogP contribution in [0.4, 0.5) is 0 Å². The molecule has 0 amide bonds. The summed E-state index contributed by atoms with van der Waals surface area (Å²) in [5.74, 6) is 0. The van der Waals surface area contributed by atoms with Crippen molar-refractivity contribution < 1.29 is 9.60 Å². The third kappa shape index (κ3) is 5.78. The van der Waals surface area contributed by atoms with Crippen molar-refractivity contribution in [3.8, 4) is 65.5 Å². The standard InChI is InChI=1S/C58H36N2S/c1-4-17-37(18-5-1)51-45-26-12-14-28-47(45)54(48-29-15-13-27-46(48)51)58-53(39-21-8-3-9-22-39)52(38-19-6-2-7-20-38)57(61-58)49-34-33-44(42-24-10-11-25-43(42)49)50-35-32-41-31-30-40-23-16-36-59-55(40)56(41)60-50/h1-36H/i16D,23D,30D,31D,32D,35D,36D. The number of fused-ring (bicyclic) bond motifs is 6. The zero-order valence-corrected chi connectivity index (χ0v) is 33.4. The summed E-state index contributed by atoms with van der Waals surface area (Å²) in [6.07, 6.45) is -0.465. The smallest absolute Gasteiger partial charge is 0.0972 e. The third-order valence-electron chi connectivity index (χ3n) is 11.6. The number of thiophene rings is 1. The molecule has 3 heterocycles. The van der Waals surface area contributed by atoms with Gasteiger partial charge in [-0.15, -0.1) is 11.3 Å². The van der Waals surface area contributed by atoms with E-state index in [4.69, 9.17) is 11.8 Å². The maximum atomic E-state index is 9.36. The number of aromatic nitrogens is 2. The van der Waals surface area contributed by atoms with Gasteiger partial charge >= 0.3 is 0 Å². The van der Waals surface area contributed by atoms with Gasteiger partial charge in [0.05, 0.1) is 26.3 Å². The lowest BCUT2D eigenvalue weighted by molar-refractivity contribution is 1.37. The minimum Gasteiger partial charge on any atom is -0.254 e. The summed E-state index contributed by atoms with van der Waals surface area (Å²) in [5.41, 5.74) is 9.64. The van der Waals surface area contributed by atoms with Crippen LogP contribution in [0.5, 0.6) is 0 Å². The van der Waals surface area contributed by atoms with Gasteiger partial charge in [-0.3, -0.25) is 4.98 Å².